The molecule has 0 radical (unpaired) electrons. The smallest absolute Gasteiger partial charge is 0.263 e. The summed E-state index contributed by atoms with van der Waals surface area (Å²) in [5.41, 5.74) is 7.96. The minimum atomic E-state index is -0.0167. The number of nitrogen functional groups attached to an aromatic ring is 1. The zero-order valence-corrected chi connectivity index (χ0v) is 13.3. The van der Waals surface area contributed by atoms with E-state index in [2.05, 4.69) is 17.4 Å². The number of carbonyl (C=O) groups is 1. The Morgan fingerprint density at radius 3 is 2.86 bits per heavy atom. The van der Waals surface area contributed by atoms with E-state index in [0.717, 1.165) is 16.6 Å². The molecular weight excluding hydrogens is 280 g/mol. The number of nitrogens with one attached hydrogen (secondary N) is 1. The van der Waals surface area contributed by atoms with E-state index in [0.29, 0.717) is 16.5 Å². The van der Waals surface area contributed by atoms with Gasteiger partial charge in [0.25, 0.3) is 5.91 Å². The minimum Gasteiger partial charge on any atom is -0.397 e. The van der Waals surface area contributed by atoms with Crippen LogP contribution in [-0.4, -0.2) is 12.5 Å². The lowest BCUT2D eigenvalue weighted by Gasteiger charge is -2.21. The summed E-state index contributed by atoms with van der Waals surface area (Å²) >= 11 is 1.49. The van der Waals surface area contributed by atoms with Crippen LogP contribution < -0.4 is 11.1 Å². The van der Waals surface area contributed by atoms with E-state index in [4.69, 9.17) is 5.73 Å². The molecule has 21 heavy (non-hydrogen) atoms. The second-order valence-corrected chi connectivity index (χ2v) is 7.11. The fourth-order valence-corrected chi connectivity index (χ4v) is 4.13. The maximum atomic E-state index is 12.4. The molecule has 0 atom stereocenters. The molecule has 0 saturated heterocycles. The van der Waals surface area contributed by atoms with Gasteiger partial charge in [-0.05, 0) is 37.8 Å². The van der Waals surface area contributed by atoms with Crippen molar-refractivity contribution < 1.29 is 4.79 Å². The molecule has 1 heterocycles. The molecule has 0 spiro atoms. The Hall–Kier alpha value is -1.55. The molecule has 3 rings (SSSR count). The highest BCUT2D eigenvalue weighted by Crippen LogP contribution is 2.34. The predicted octanol–water partition coefficient (Wildman–Crippen LogP) is 4.10. The van der Waals surface area contributed by atoms with E-state index in [1.165, 1.54) is 49.0 Å². The summed E-state index contributed by atoms with van der Waals surface area (Å²) in [7, 11) is 0. The number of benzene rings is 1. The Bertz CT molecular complexity index is 656. The molecule has 1 aromatic carbocycles. The molecule has 1 aliphatic rings. The van der Waals surface area contributed by atoms with Crippen LogP contribution in [0.3, 0.4) is 0 Å². The van der Waals surface area contributed by atoms with Crippen LogP contribution in [0.2, 0.25) is 0 Å². The minimum absolute atomic E-state index is 0.0167. The second-order valence-electron chi connectivity index (χ2n) is 6.06. The van der Waals surface area contributed by atoms with Gasteiger partial charge in [0.1, 0.15) is 4.88 Å². The van der Waals surface area contributed by atoms with Crippen LogP contribution in [0.25, 0.3) is 10.1 Å². The molecule has 2 aromatic rings. The first-order valence-electron chi connectivity index (χ1n) is 7.72. The zero-order valence-electron chi connectivity index (χ0n) is 12.4. The van der Waals surface area contributed by atoms with Crippen LogP contribution in [0.4, 0.5) is 5.69 Å². The van der Waals surface area contributed by atoms with Crippen LogP contribution in [0.1, 0.15) is 47.3 Å². The first kappa shape index (κ1) is 14.4. The third-order valence-electron chi connectivity index (χ3n) is 4.36. The number of anilines is 1. The third-order valence-corrected chi connectivity index (χ3v) is 5.55. The fraction of sp³-hybridized carbons (Fsp3) is 0.471. The lowest BCUT2D eigenvalue weighted by Crippen LogP contribution is -2.30. The third kappa shape index (κ3) is 3.05. The number of amides is 1. The maximum Gasteiger partial charge on any atom is 0.263 e. The summed E-state index contributed by atoms with van der Waals surface area (Å²) in [6.45, 7) is 2.82. The molecule has 0 aliphatic heterocycles. The van der Waals surface area contributed by atoms with Crippen molar-refractivity contribution in [3.05, 3.63) is 28.6 Å². The summed E-state index contributed by atoms with van der Waals surface area (Å²) in [5.74, 6) is 0.623. The monoisotopic (exact) mass is 302 g/mol. The van der Waals surface area contributed by atoms with E-state index in [1.54, 1.807) is 0 Å². The predicted molar refractivity (Wildman–Crippen MR) is 89.9 cm³/mol. The quantitative estimate of drug-likeness (QED) is 0.896. The number of nitrogens with two attached hydrogens (primary N) is 1. The molecule has 1 aromatic heterocycles. The summed E-state index contributed by atoms with van der Waals surface area (Å²) in [5, 5.41) is 4.08. The van der Waals surface area contributed by atoms with Gasteiger partial charge >= 0.3 is 0 Å². The molecule has 3 N–H and O–H groups in total. The highest BCUT2D eigenvalue weighted by atomic mass is 32.1. The van der Waals surface area contributed by atoms with Crippen LogP contribution in [0.15, 0.2) is 18.2 Å². The van der Waals surface area contributed by atoms with Crippen molar-refractivity contribution in [3.63, 3.8) is 0 Å². The van der Waals surface area contributed by atoms with Gasteiger partial charge in [-0.3, -0.25) is 4.79 Å². The summed E-state index contributed by atoms with van der Waals surface area (Å²) in [6, 6.07) is 6.16. The molecule has 1 amide bonds. The lowest BCUT2D eigenvalue weighted by atomic mass is 9.89. The molecule has 112 valence electrons. The molecule has 3 nitrogen and oxygen atoms in total. The largest absolute Gasteiger partial charge is 0.397 e. The number of hydrogen-bond acceptors (Lipinski definition) is 3. The molecule has 0 unspecified atom stereocenters. The molecule has 1 fully saturated rings. The van der Waals surface area contributed by atoms with Gasteiger partial charge in [-0.2, -0.15) is 0 Å². The van der Waals surface area contributed by atoms with Crippen LogP contribution in [-0.2, 0) is 0 Å². The first-order chi connectivity index (χ1) is 10.1. The second kappa shape index (κ2) is 6.06. The topological polar surface area (TPSA) is 55.1 Å². The van der Waals surface area contributed by atoms with Crippen molar-refractivity contribution in [2.75, 3.05) is 12.3 Å². The molecular formula is C17H22N2OS. The SMILES string of the molecule is Cc1ccc2sc(C(=O)NCC3CCCCC3)c(N)c2c1. The average molecular weight is 302 g/mol. The van der Waals surface area contributed by atoms with Crippen molar-refractivity contribution in [2.24, 2.45) is 5.92 Å². The number of thiophene rings is 1. The number of fused-ring (bicyclic) bond motifs is 1. The number of aryl methyl sites for hydroxylation is 1. The van der Waals surface area contributed by atoms with Crippen LogP contribution in [0.5, 0.6) is 0 Å². The van der Waals surface area contributed by atoms with Gasteiger partial charge in [-0.25, -0.2) is 0 Å². The van der Waals surface area contributed by atoms with Gasteiger partial charge in [0.2, 0.25) is 0 Å². The summed E-state index contributed by atoms with van der Waals surface area (Å²) in [4.78, 5) is 13.0. The number of carbonyl (C=O) groups excluding carboxylic acids is 1. The Balaban J connectivity index is 1.73. The highest BCUT2D eigenvalue weighted by Gasteiger charge is 2.19. The van der Waals surface area contributed by atoms with Gasteiger partial charge in [0.05, 0.1) is 5.69 Å². The highest BCUT2D eigenvalue weighted by molar-refractivity contribution is 7.21. The van der Waals surface area contributed by atoms with E-state index in [1.807, 2.05) is 13.0 Å². The van der Waals surface area contributed by atoms with Gasteiger partial charge in [0.15, 0.2) is 0 Å². The first-order valence-corrected chi connectivity index (χ1v) is 8.53. The van der Waals surface area contributed by atoms with Crippen molar-refractivity contribution in [1.82, 2.24) is 5.32 Å². The number of hydrogen-bond donors (Lipinski definition) is 2. The Morgan fingerprint density at radius 1 is 1.33 bits per heavy atom. The Morgan fingerprint density at radius 2 is 2.10 bits per heavy atom. The number of rotatable bonds is 3. The van der Waals surface area contributed by atoms with E-state index in [-0.39, 0.29) is 5.91 Å². The fourth-order valence-electron chi connectivity index (χ4n) is 3.11. The van der Waals surface area contributed by atoms with Gasteiger partial charge in [-0.1, -0.05) is 30.9 Å². The van der Waals surface area contributed by atoms with Crippen molar-refractivity contribution in [2.45, 2.75) is 39.0 Å². The van der Waals surface area contributed by atoms with Crippen molar-refractivity contribution in [1.29, 1.82) is 0 Å². The molecule has 1 aliphatic carbocycles. The van der Waals surface area contributed by atoms with Gasteiger partial charge < -0.3 is 11.1 Å². The van der Waals surface area contributed by atoms with E-state index >= 15 is 0 Å². The normalized spacial score (nSPS) is 16.2. The van der Waals surface area contributed by atoms with E-state index < -0.39 is 0 Å². The molecule has 0 bridgehead atoms. The van der Waals surface area contributed by atoms with Gasteiger partial charge in [0, 0.05) is 16.6 Å². The van der Waals surface area contributed by atoms with Crippen LogP contribution in [0, 0.1) is 12.8 Å². The van der Waals surface area contributed by atoms with Crippen molar-refractivity contribution >= 4 is 33.0 Å². The lowest BCUT2D eigenvalue weighted by molar-refractivity contribution is 0.0948. The zero-order chi connectivity index (χ0) is 14.8. The van der Waals surface area contributed by atoms with Gasteiger partial charge in [-0.15, -0.1) is 11.3 Å². The van der Waals surface area contributed by atoms with Crippen LogP contribution >= 0.6 is 11.3 Å². The Kier molecular flexibility index (Phi) is 4.15. The summed E-state index contributed by atoms with van der Waals surface area (Å²) < 4.78 is 1.08. The average Bonchev–Trinajstić information content (AvgIpc) is 2.83. The summed E-state index contributed by atoms with van der Waals surface area (Å²) in [6.07, 6.45) is 6.41. The Labute approximate surface area is 129 Å². The van der Waals surface area contributed by atoms with E-state index in [9.17, 15) is 4.79 Å². The van der Waals surface area contributed by atoms with Crippen molar-refractivity contribution in [3.8, 4) is 0 Å². The molecule has 1 saturated carbocycles. The molecule has 4 heteroatoms. The standard InChI is InChI=1S/C17H22N2OS/c1-11-7-8-14-13(9-11)15(18)16(21-14)17(20)19-10-12-5-3-2-4-6-12/h7-9,12H,2-6,10,18H2,1H3,(H,19,20). The maximum absolute atomic E-state index is 12.4.